The van der Waals surface area contributed by atoms with Gasteiger partial charge in [-0.1, -0.05) is 25.1 Å². The van der Waals surface area contributed by atoms with Gasteiger partial charge in [0.05, 0.1) is 4.90 Å². The molecule has 1 fully saturated rings. The van der Waals surface area contributed by atoms with Gasteiger partial charge in [0.1, 0.15) is 6.04 Å². The van der Waals surface area contributed by atoms with Crippen molar-refractivity contribution in [3.05, 3.63) is 30.3 Å². The zero-order valence-corrected chi connectivity index (χ0v) is 13.6. The molecule has 1 saturated heterocycles. The highest BCUT2D eigenvalue weighted by Gasteiger charge is 2.39. The Balaban J connectivity index is 2.05. The maximum Gasteiger partial charge on any atom is 0.243 e. The Hall–Kier alpha value is -1.44. The number of rotatable bonds is 7. The van der Waals surface area contributed by atoms with Gasteiger partial charge in [-0.3, -0.25) is 4.79 Å². The highest BCUT2D eigenvalue weighted by atomic mass is 32.2. The number of benzene rings is 1. The van der Waals surface area contributed by atoms with E-state index in [1.165, 1.54) is 4.31 Å². The minimum absolute atomic E-state index is 0.213. The first-order valence-corrected chi connectivity index (χ1v) is 9.06. The van der Waals surface area contributed by atoms with E-state index in [2.05, 4.69) is 10.6 Å². The molecule has 0 aromatic heterocycles. The zero-order chi connectivity index (χ0) is 16.0. The van der Waals surface area contributed by atoms with Gasteiger partial charge in [-0.15, -0.1) is 0 Å². The largest absolute Gasteiger partial charge is 0.353 e. The molecule has 2 rings (SSSR count). The molecule has 1 heterocycles. The molecule has 1 unspecified atom stereocenters. The molecule has 6 nitrogen and oxygen atoms in total. The summed E-state index contributed by atoms with van der Waals surface area (Å²) in [6.07, 6.45) is 1.27. The summed E-state index contributed by atoms with van der Waals surface area (Å²) in [6.45, 7) is 4.41. The van der Waals surface area contributed by atoms with Gasteiger partial charge in [0.25, 0.3) is 0 Å². The van der Waals surface area contributed by atoms with Crippen LogP contribution in [0.5, 0.6) is 0 Å². The molecular weight excluding hydrogens is 302 g/mol. The molecule has 0 aliphatic carbocycles. The summed E-state index contributed by atoms with van der Waals surface area (Å²) >= 11 is 0. The first-order chi connectivity index (χ1) is 10.6. The van der Waals surface area contributed by atoms with E-state index < -0.39 is 16.1 Å². The summed E-state index contributed by atoms with van der Waals surface area (Å²) in [6, 6.07) is 7.67. The first kappa shape index (κ1) is 16.9. The third kappa shape index (κ3) is 3.85. The van der Waals surface area contributed by atoms with Crippen LogP contribution in [0.15, 0.2) is 35.2 Å². The standard InChI is InChI=1S/C15H23N3O3S/c1-2-16-10-11-17-15(19)14-9-6-12-18(14)22(20,21)13-7-4-3-5-8-13/h3-5,7-8,14,16H,2,6,9-12H2,1H3,(H,17,19). The van der Waals surface area contributed by atoms with Crippen LogP contribution in [0, 0.1) is 0 Å². The van der Waals surface area contributed by atoms with E-state index in [-0.39, 0.29) is 10.8 Å². The van der Waals surface area contributed by atoms with Crippen molar-refractivity contribution in [1.82, 2.24) is 14.9 Å². The van der Waals surface area contributed by atoms with Crippen LogP contribution in [-0.4, -0.2) is 50.9 Å². The lowest BCUT2D eigenvalue weighted by Gasteiger charge is -2.23. The Morgan fingerprint density at radius 2 is 2.00 bits per heavy atom. The third-order valence-electron chi connectivity index (χ3n) is 3.71. The normalized spacial score (nSPS) is 19.2. The van der Waals surface area contributed by atoms with Crippen LogP contribution in [0.2, 0.25) is 0 Å². The summed E-state index contributed by atoms with van der Waals surface area (Å²) in [4.78, 5) is 12.5. The highest BCUT2D eigenvalue weighted by Crippen LogP contribution is 2.25. The number of sulfonamides is 1. The van der Waals surface area contributed by atoms with Crippen molar-refractivity contribution < 1.29 is 13.2 Å². The second kappa shape index (κ2) is 7.71. The third-order valence-corrected chi connectivity index (χ3v) is 5.63. The molecule has 2 N–H and O–H groups in total. The lowest BCUT2D eigenvalue weighted by molar-refractivity contribution is -0.124. The number of likely N-dealkylation sites (N-methyl/N-ethyl adjacent to an activating group) is 1. The van der Waals surface area contributed by atoms with Crippen LogP contribution in [0.3, 0.4) is 0 Å². The summed E-state index contributed by atoms with van der Waals surface area (Å²) in [7, 11) is -3.61. The Bertz CT molecular complexity index is 589. The first-order valence-electron chi connectivity index (χ1n) is 7.62. The van der Waals surface area contributed by atoms with Crippen LogP contribution < -0.4 is 10.6 Å². The van der Waals surface area contributed by atoms with Crippen molar-refractivity contribution in [2.45, 2.75) is 30.7 Å². The van der Waals surface area contributed by atoms with Crippen LogP contribution in [-0.2, 0) is 14.8 Å². The van der Waals surface area contributed by atoms with Gasteiger partial charge in [0.2, 0.25) is 15.9 Å². The number of carbonyl (C=O) groups is 1. The minimum atomic E-state index is -3.61. The van der Waals surface area contributed by atoms with E-state index >= 15 is 0 Å². The highest BCUT2D eigenvalue weighted by molar-refractivity contribution is 7.89. The molecule has 1 aliphatic heterocycles. The van der Waals surface area contributed by atoms with Gasteiger partial charge in [-0.25, -0.2) is 8.42 Å². The molecule has 1 aliphatic rings. The fourth-order valence-corrected chi connectivity index (χ4v) is 4.26. The van der Waals surface area contributed by atoms with E-state index in [1.54, 1.807) is 30.3 Å². The van der Waals surface area contributed by atoms with Crippen LogP contribution >= 0.6 is 0 Å². The quantitative estimate of drug-likeness (QED) is 0.718. The summed E-state index contributed by atoms with van der Waals surface area (Å²) in [5.74, 6) is -0.213. The predicted octanol–water partition coefficient (Wildman–Crippen LogP) is 0.565. The van der Waals surface area contributed by atoms with E-state index in [1.807, 2.05) is 6.92 Å². The molecule has 0 spiro atoms. The molecule has 1 aromatic rings. The summed E-state index contributed by atoms with van der Waals surface area (Å²) < 4.78 is 26.6. The second-order valence-corrected chi connectivity index (χ2v) is 7.12. The smallest absolute Gasteiger partial charge is 0.243 e. The Labute approximate surface area is 131 Å². The van der Waals surface area contributed by atoms with Crippen molar-refractivity contribution in [3.8, 4) is 0 Å². The minimum Gasteiger partial charge on any atom is -0.353 e. The predicted molar refractivity (Wildman–Crippen MR) is 84.9 cm³/mol. The van der Waals surface area contributed by atoms with Crippen LogP contribution in [0.25, 0.3) is 0 Å². The van der Waals surface area contributed by atoms with Gasteiger partial charge in [0.15, 0.2) is 0 Å². The molecule has 22 heavy (non-hydrogen) atoms. The molecule has 1 atom stereocenters. The number of amides is 1. The average Bonchev–Trinajstić information content (AvgIpc) is 3.03. The number of nitrogens with zero attached hydrogens (tertiary/aromatic N) is 1. The molecule has 0 bridgehead atoms. The lowest BCUT2D eigenvalue weighted by Crippen LogP contribution is -2.47. The molecule has 122 valence electrons. The second-order valence-electron chi connectivity index (χ2n) is 5.23. The van der Waals surface area contributed by atoms with Crippen molar-refractivity contribution in [3.63, 3.8) is 0 Å². The maximum absolute atomic E-state index is 12.7. The lowest BCUT2D eigenvalue weighted by atomic mass is 10.2. The van der Waals surface area contributed by atoms with Gasteiger partial charge in [-0.2, -0.15) is 4.31 Å². The van der Waals surface area contributed by atoms with Gasteiger partial charge < -0.3 is 10.6 Å². The zero-order valence-electron chi connectivity index (χ0n) is 12.8. The Morgan fingerprint density at radius 3 is 2.68 bits per heavy atom. The number of carbonyl (C=O) groups excluding carboxylic acids is 1. The number of nitrogens with one attached hydrogen (secondary N) is 2. The van der Waals surface area contributed by atoms with Crippen molar-refractivity contribution in [2.24, 2.45) is 0 Å². The van der Waals surface area contributed by atoms with E-state index in [0.29, 0.717) is 32.5 Å². The monoisotopic (exact) mass is 325 g/mol. The van der Waals surface area contributed by atoms with E-state index in [9.17, 15) is 13.2 Å². The van der Waals surface area contributed by atoms with Crippen LogP contribution in [0.4, 0.5) is 0 Å². The number of hydrogen-bond acceptors (Lipinski definition) is 4. The van der Waals surface area contributed by atoms with E-state index in [0.717, 1.165) is 6.54 Å². The molecular formula is C15H23N3O3S. The maximum atomic E-state index is 12.7. The Kier molecular flexibility index (Phi) is 5.93. The molecule has 0 saturated carbocycles. The molecule has 1 amide bonds. The van der Waals surface area contributed by atoms with E-state index in [4.69, 9.17) is 0 Å². The van der Waals surface area contributed by atoms with Crippen molar-refractivity contribution in [2.75, 3.05) is 26.2 Å². The average molecular weight is 325 g/mol. The summed E-state index contributed by atoms with van der Waals surface area (Å²) in [5.41, 5.74) is 0. The van der Waals surface area contributed by atoms with Gasteiger partial charge in [-0.05, 0) is 31.5 Å². The van der Waals surface area contributed by atoms with Crippen molar-refractivity contribution in [1.29, 1.82) is 0 Å². The van der Waals surface area contributed by atoms with Gasteiger partial charge in [0, 0.05) is 19.6 Å². The fourth-order valence-electron chi connectivity index (χ4n) is 2.59. The Morgan fingerprint density at radius 1 is 1.27 bits per heavy atom. The molecule has 0 radical (unpaired) electrons. The fraction of sp³-hybridized carbons (Fsp3) is 0.533. The SMILES string of the molecule is CCNCCNC(=O)C1CCCN1S(=O)(=O)c1ccccc1. The van der Waals surface area contributed by atoms with Gasteiger partial charge >= 0.3 is 0 Å². The van der Waals surface area contributed by atoms with Crippen LogP contribution in [0.1, 0.15) is 19.8 Å². The molecule has 1 aromatic carbocycles. The topological polar surface area (TPSA) is 78.5 Å². The van der Waals surface area contributed by atoms with Crippen molar-refractivity contribution >= 4 is 15.9 Å². The number of hydrogen-bond donors (Lipinski definition) is 2. The summed E-state index contributed by atoms with van der Waals surface area (Å²) in [5, 5.41) is 5.92. The molecule has 7 heteroatoms.